The van der Waals surface area contributed by atoms with Crippen molar-refractivity contribution in [3.8, 4) is 0 Å². The maximum Gasteiger partial charge on any atom is 0.410 e. The van der Waals surface area contributed by atoms with E-state index < -0.39 is 5.60 Å². The molecule has 0 unspecified atom stereocenters. The summed E-state index contributed by atoms with van der Waals surface area (Å²) in [5.74, 6) is 0.682. The Balaban J connectivity index is 1.67. The molecule has 0 bridgehead atoms. The van der Waals surface area contributed by atoms with E-state index in [2.05, 4.69) is 20.9 Å². The number of nitrogens with one attached hydrogen (secondary N) is 3. The monoisotopic (exact) mass is 409 g/mol. The third-order valence-corrected chi connectivity index (χ3v) is 4.72. The van der Waals surface area contributed by atoms with Crippen molar-refractivity contribution in [1.29, 1.82) is 0 Å². The van der Waals surface area contributed by atoms with E-state index in [-0.39, 0.29) is 18.0 Å². The van der Waals surface area contributed by atoms with Gasteiger partial charge in [-0.15, -0.1) is 11.3 Å². The number of carbonyl (C=O) groups excluding carboxylic acids is 2. The molecule has 28 heavy (non-hydrogen) atoms. The van der Waals surface area contributed by atoms with Crippen LogP contribution in [0.3, 0.4) is 0 Å². The molecule has 1 aromatic heterocycles. The summed E-state index contributed by atoms with van der Waals surface area (Å²) in [6.45, 7) is 10.7. The van der Waals surface area contributed by atoms with E-state index in [0.717, 1.165) is 23.8 Å². The number of nitrogens with zero attached hydrogens (tertiary/aromatic N) is 2. The number of ether oxygens (including phenoxy) is 1. The van der Waals surface area contributed by atoms with Crippen molar-refractivity contribution < 1.29 is 14.3 Å². The quantitative estimate of drug-likeness (QED) is 0.364. The van der Waals surface area contributed by atoms with Gasteiger partial charge in [0.15, 0.2) is 5.96 Å². The van der Waals surface area contributed by atoms with Crippen molar-refractivity contribution >= 4 is 29.3 Å². The number of hydrogen-bond acceptors (Lipinski definition) is 5. The second-order valence-electron chi connectivity index (χ2n) is 7.57. The first kappa shape index (κ1) is 22.0. The fourth-order valence-electron chi connectivity index (χ4n) is 2.53. The van der Waals surface area contributed by atoms with Gasteiger partial charge < -0.3 is 25.6 Å². The summed E-state index contributed by atoms with van der Waals surface area (Å²) < 4.78 is 5.36. The predicted molar refractivity (Wildman–Crippen MR) is 112 cm³/mol. The van der Waals surface area contributed by atoms with Gasteiger partial charge in [0.05, 0.1) is 10.9 Å². The highest BCUT2D eigenvalue weighted by Gasteiger charge is 2.34. The Hall–Kier alpha value is -2.29. The molecular formula is C19H31N5O3S. The van der Waals surface area contributed by atoms with Gasteiger partial charge in [-0.3, -0.25) is 9.79 Å². The predicted octanol–water partition coefficient (Wildman–Crippen LogP) is 2.04. The molecule has 2 amide bonds. The average Bonchev–Trinajstić information content (AvgIpc) is 3.09. The van der Waals surface area contributed by atoms with Crippen LogP contribution in [0.2, 0.25) is 0 Å². The summed E-state index contributed by atoms with van der Waals surface area (Å²) in [7, 11) is 0. The van der Waals surface area contributed by atoms with Crippen LogP contribution in [0.5, 0.6) is 0 Å². The SMILES string of the molecule is CCNC(=NCCCNC(=O)c1cccs1)NC1CN(C(=O)OC(C)(C)C)C1. The lowest BCUT2D eigenvalue weighted by molar-refractivity contribution is 0.00700. The zero-order chi connectivity index (χ0) is 20.6. The van der Waals surface area contributed by atoms with Gasteiger partial charge in [-0.2, -0.15) is 0 Å². The molecule has 156 valence electrons. The number of guanidine groups is 1. The molecule has 0 aliphatic carbocycles. The molecule has 0 spiro atoms. The van der Waals surface area contributed by atoms with Crippen molar-refractivity contribution in [3.05, 3.63) is 22.4 Å². The Bertz CT molecular complexity index is 664. The molecule has 0 aromatic carbocycles. The molecule has 1 fully saturated rings. The van der Waals surface area contributed by atoms with Gasteiger partial charge in [-0.25, -0.2) is 4.79 Å². The highest BCUT2D eigenvalue weighted by molar-refractivity contribution is 7.12. The Morgan fingerprint density at radius 1 is 1.32 bits per heavy atom. The fourth-order valence-corrected chi connectivity index (χ4v) is 3.17. The van der Waals surface area contributed by atoms with Gasteiger partial charge in [-0.05, 0) is 45.6 Å². The molecule has 1 saturated heterocycles. The minimum Gasteiger partial charge on any atom is -0.444 e. The van der Waals surface area contributed by atoms with Crippen LogP contribution in [0.1, 0.15) is 43.8 Å². The highest BCUT2D eigenvalue weighted by Crippen LogP contribution is 2.15. The normalized spacial score (nSPS) is 15.0. The molecule has 1 aliphatic heterocycles. The number of aliphatic imine (C=N–C) groups is 1. The standard InChI is InChI=1S/C19H31N5O3S/c1-5-20-17(22-10-7-9-21-16(25)15-8-6-11-28-15)23-14-12-24(13-14)18(26)27-19(2,3)4/h6,8,11,14H,5,7,9-10,12-13H2,1-4H3,(H,21,25)(H2,20,22,23). The fraction of sp³-hybridized carbons (Fsp3) is 0.632. The van der Waals surface area contributed by atoms with Crippen LogP contribution in [0.15, 0.2) is 22.5 Å². The van der Waals surface area contributed by atoms with Crippen molar-refractivity contribution in [2.24, 2.45) is 4.99 Å². The van der Waals surface area contributed by atoms with Gasteiger partial charge in [-0.1, -0.05) is 6.07 Å². The average molecular weight is 410 g/mol. The number of thiophene rings is 1. The van der Waals surface area contributed by atoms with Crippen LogP contribution >= 0.6 is 11.3 Å². The lowest BCUT2D eigenvalue weighted by Gasteiger charge is -2.40. The van der Waals surface area contributed by atoms with E-state index in [4.69, 9.17) is 4.74 Å². The van der Waals surface area contributed by atoms with E-state index in [1.54, 1.807) is 4.90 Å². The van der Waals surface area contributed by atoms with Gasteiger partial charge in [0.2, 0.25) is 0 Å². The molecule has 2 rings (SSSR count). The number of likely N-dealkylation sites (tertiary alicyclic amines) is 1. The van der Waals surface area contributed by atoms with Crippen molar-refractivity contribution in [1.82, 2.24) is 20.9 Å². The van der Waals surface area contributed by atoms with Gasteiger partial charge >= 0.3 is 6.09 Å². The first-order valence-electron chi connectivity index (χ1n) is 9.63. The van der Waals surface area contributed by atoms with E-state index in [9.17, 15) is 9.59 Å². The summed E-state index contributed by atoms with van der Waals surface area (Å²) >= 11 is 1.43. The lowest BCUT2D eigenvalue weighted by Crippen LogP contribution is -2.63. The Labute approximate surface area is 170 Å². The maximum absolute atomic E-state index is 12.0. The number of carbonyl (C=O) groups is 2. The summed E-state index contributed by atoms with van der Waals surface area (Å²) in [5, 5.41) is 11.3. The Morgan fingerprint density at radius 3 is 2.68 bits per heavy atom. The van der Waals surface area contributed by atoms with Crippen molar-refractivity contribution in [3.63, 3.8) is 0 Å². The second kappa shape index (κ2) is 10.3. The molecule has 3 N–H and O–H groups in total. The van der Waals surface area contributed by atoms with Crippen LogP contribution in [0, 0.1) is 0 Å². The largest absolute Gasteiger partial charge is 0.444 e. The molecule has 1 aromatic rings. The zero-order valence-electron chi connectivity index (χ0n) is 17.1. The van der Waals surface area contributed by atoms with Crippen LogP contribution in [0.4, 0.5) is 4.79 Å². The van der Waals surface area contributed by atoms with E-state index >= 15 is 0 Å². The Kier molecular flexibility index (Phi) is 8.10. The minimum absolute atomic E-state index is 0.0410. The molecule has 2 heterocycles. The summed E-state index contributed by atoms with van der Waals surface area (Å²) in [4.78, 5) is 30.8. The third kappa shape index (κ3) is 7.38. The topological polar surface area (TPSA) is 95.1 Å². The van der Waals surface area contributed by atoms with E-state index in [0.29, 0.717) is 26.2 Å². The molecular weight excluding hydrogens is 378 g/mol. The molecule has 8 nitrogen and oxygen atoms in total. The number of amides is 2. The van der Waals surface area contributed by atoms with Gasteiger partial charge in [0.1, 0.15) is 5.60 Å². The molecule has 9 heteroatoms. The molecule has 0 radical (unpaired) electrons. The number of hydrogen-bond donors (Lipinski definition) is 3. The first-order chi connectivity index (χ1) is 13.3. The highest BCUT2D eigenvalue weighted by atomic mass is 32.1. The first-order valence-corrected chi connectivity index (χ1v) is 10.5. The molecule has 1 aliphatic rings. The van der Waals surface area contributed by atoms with E-state index in [1.807, 2.05) is 45.2 Å². The van der Waals surface area contributed by atoms with Crippen LogP contribution in [-0.4, -0.2) is 67.2 Å². The van der Waals surface area contributed by atoms with Crippen LogP contribution in [0.25, 0.3) is 0 Å². The summed E-state index contributed by atoms with van der Waals surface area (Å²) in [5.41, 5.74) is -0.481. The van der Waals surface area contributed by atoms with Gasteiger partial charge in [0, 0.05) is 32.7 Å². The van der Waals surface area contributed by atoms with Crippen LogP contribution in [-0.2, 0) is 4.74 Å². The molecule has 0 atom stereocenters. The summed E-state index contributed by atoms with van der Waals surface area (Å²) in [6.07, 6.45) is 0.469. The lowest BCUT2D eigenvalue weighted by atomic mass is 10.1. The molecule has 0 saturated carbocycles. The van der Waals surface area contributed by atoms with E-state index in [1.165, 1.54) is 11.3 Å². The third-order valence-electron chi connectivity index (χ3n) is 3.85. The van der Waals surface area contributed by atoms with Crippen molar-refractivity contribution in [2.75, 3.05) is 32.7 Å². The minimum atomic E-state index is -0.481. The number of rotatable bonds is 7. The maximum atomic E-state index is 12.0. The van der Waals surface area contributed by atoms with Crippen LogP contribution < -0.4 is 16.0 Å². The smallest absolute Gasteiger partial charge is 0.410 e. The van der Waals surface area contributed by atoms with Crippen molar-refractivity contribution in [2.45, 2.75) is 45.8 Å². The summed E-state index contributed by atoms with van der Waals surface area (Å²) in [6, 6.07) is 3.83. The van der Waals surface area contributed by atoms with Gasteiger partial charge in [0.25, 0.3) is 5.91 Å². The Morgan fingerprint density at radius 2 is 2.07 bits per heavy atom. The second-order valence-corrected chi connectivity index (χ2v) is 8.52. The zero-order valence-corrected chi connectivity index (χ0v) is 17.9.